The van der Waals surface area contributed by atoms with E-state index in [4.69, 9.17) is 9.72 Å². The summed E-state index contributed by atoms with van der Waals surface area (Å²) in [5.74, 6) is 0.732. The van der Waals surface area contributed by atoms with E-state index in [1.807, 2.05) is 37.1 Å². The van der Waals surface area contributed by atoms with E-state index in [1.165, 1.54) is 0 Å². The van der Waals surface area contributed by atoms with Crippen LogP contribution in [0.15, 0.2) is 24.8 Å². The molecule has 148 valence electrons. The van der Waals surface area contributed by atoms with E-state index in [9.17, 15) is 4.79 Å². The Balaban J connectivity index is 1.72. The number of fused-ring (bicyclic) bond motifs is 1. The number of hydrogen-bond acceptors (Lipinski definition) is 5. The van der Waals surface area contributed by atoms with Crippen LogP contribution >= 0.6 is 0 Å². The molecule has 8 heteroatoms. The fourth-order valence-electron chi connectivity index (χ4n) is 3.39. The quantitative estimate of drug-likeness (QED) is 0.749. The van der Waals surface area contributed by atoms with E-state index >= 15 is 0 Å². The van der Waals surface area contributed by atoms with Crippen molar-refractivity contribution in [1.82, 2.24) is 29.7 Å². The first-order valence-electron chi connectivity index (χ1n) is 9.56. The molecule has 1 aliphatic rings. The number of carbonyl (C=O) groups is 1. The van der Waals surface area contributed by atoms with Gasteiger partial charge in [0.1, 0.15) is 11.6 Å². The zero-order chi connectivity index (χ0) is 20.1. The smallest absolute Gasteiger partial charge is 0.241 e. The molecule has 0 bridgehead atoms. The number of hydrogen-bond donors (Lipinski definition) is 1. The Morgan fingerprint density at radius 3 is 2.68 bits per heavy atom. The summed E-state index contributed by atoms with van der Waals surface area (Å²) < 4.78 is 9.96. The Morgan fingerprint density at radius 1 is 1.25 bits per heavy atom. The lowest BCUT2D eigenvalue weighted by Gasteiger charge is -2.20. The van der Waals surface area contributed by atoms with Crippen molar-refractivity contribution >= 4 is 11.4 Å². The summed E-state index contributed by atoms with van der Waals surface area (Å²) in [4.78, 5) is 16.3. The predicted octanol–water partition coefficient (Wildman–Crippen LogP) is 2.56. The molecule has 28 heavy (non-hydrogen) atoms. The van der Waals surface area contributed by atoms with Gasteiger partial charge in [0.15, 0.2) is 0 Å². The third-order valence-corrected chi connectivity index (χ3v) is 5.18. The van der Waals surface area contributed by atoms with Crippen LogP contribution in [0.4, 0.5) is 0 Å². The second-order valence-electron chi connectivity index (χ2n) is 8.49. The lowest BCUT2D eigenvalue weighted by Crippen LogP contribution is -2.26. The van der Waals surface area contributed by atoms with Gasteiger partial charge in [-0.2, -0.15) is 10.2 Å². The zero-order valence-electron chi connectivity index (χ0n) is 16.9. The second kappa shape index (κ2) is 6.61. The highest BCUT2D eigenvalue weighted by Crippen LogP contribution is 2.29. The van der Waals surface area contributed by atoms with Crippen LogP contribution in [0.25, 0.3) is 16.8 Å². The number of nitrogens with zero attached hydrogens (tertiary/aromatic N) is 5. The minimum absolute atomic E-state index is 0.0717. The summed E-state index contributed by atoms with van der Waals surface area (Å²) in [7, 11) is 0. The number of rotatable bonds is 4. The van der Waals surface area contributed by atoms with Crippen LogP contribution in [-0.4, -0.2) is 42.9 Å². The molecule has 0 aliphatic carbocycles. The van der Waals surface area contributed by atoms with Crippen molar-refractivity contribution in [2.75, 3.05) is 6.54 Å². The Morgan fingerprint density at radius 2 is 2.04 bits per heavy atom. The monoisotopic (exact) mass is 382 g/mol. The summed E-state index contributed by atoms with van der Waals surface area (Å²) >= 11 is 0. The third-order valence-electron chi connectivity index (χ3n) is 5.18. The van der Waals surface area contributed by atoms with Crippen LogP contribution in [0.3, 0.4) is 0 Å². The molecule has 4 heterocycles. The number of ether oxygens (including phenoxy) is 1. The lowest BCUT2D eigenvalue weighted by atomic mass is 10.0. The van der Waals surface area contributed by atoms with Gasteiger partial charge < -0.3 is 10.1 Å². The normalized spacial score (nSPS) is 18.5. The van der Waals surface area contributed by atoms with E-state index in [0.717, 1.165) is 22.3 Å². The fourth-order valence-corrected chi connectivity index (χ4v) is 3.39. The first kappa shape index (κ1) is 18.5. The van der Waals surface area contributed by atoms with E-state index < -0.39 is 0 Å². The van der Waals surface area contributed by atoms with Crippen molar-refractivity contribution in [3.8, 4) is 17.1 Å². The summed E-state index contributed by atoms with van der Waals surface area (Å²) in [6, 6.07) is 0. The summed E-state index contributed by atoms with van der Waals surface area (Å²) in [5.41, 5.74) is 3.37. The number of aryl methyl sites for hydroxylation is 1. The fraction of sp³-hybridized carbons (Fsp3) is 0.500. The Labute approximate surface area is 163 Å². The Hall–Kier alpha value is -2.90. The molecule has 8 nitrogen and oxygen atoms in total. The summed E-state index contributed by atoms with van der Waals surface area (Å²) in [6.07, 6.45) is 7.83. The van der Waals surface area contributed by atoms with Crippen LogP contribution in [0.1, 0.15) is 39.7 Å². The van der Waals surface area contributed by atoms with Crippen LogP contribution in [-0.2, 0) is 10.3 Å². The molecule has 1 unspecified atom stereocenters. The first-order valence-corrected chi connectivity index (χ1v) is 9.56. The molecule has 1 saturated heterocycles. The van der Waals surface area contributed by atoms with Crippen molar-refractivity contribution in [2.45, 2.75) is 52.7 Å². The first-order chi connectivity index (χ1) is 13.2. The van der Waals surface area contributed by atoms with Gasteiger partial charge in [0.05, 0.1) is 29.8 Å². The molecule has 1 amide bonds. The van der Waals surface area contributed by atoms with Gasteiger partial charge in [0, 0.05) is 36.2 Å². The predicted molar refractivity (Wildman–Crippen MR) is 105 cm³/mol. The average Bonchev–Trinajstić information content (AvgIpc) is 3.34. The zero-order valence-corrected chi connectivity index (χ0v) is 16.9. The molecule has 1 fully saturated rings. The van der Waals surface area contributed by atoms with Crippen molar-refractivity contribution in [2.24, 2.45) is 5.92 Å². The SMILES string of the molecule is Cc1cnn2cc(-c3cnn(C(C)(C)C)c3)nc(O[C@H](C)C3CNC(=O)C3)c12. The highest BCUT2D eigenvalue weighted by molar-refractivity contribution is 5.78. The van der Waals surface area contributed by atoms with Gasteiger partial charge in [-0.15, -0.1) is 0 Å². The number of carbonyl (C=O) groups excluding carboxylic acids is 1. The average molecular weight is 382 g/mol. The van der Waals surface area contributed by atoms with Gasteiger partial charge in [0.25, 0.3) is 0 Å². The Kier molecular flexibility index (Phi) is 4.36. The largest absolute Gasteiger partial charge is 0.473 e. The van der Waals surface area contributed by atoms with Crippen LogP contribution in [0.5, 0.6) is 5.88 Å². The van der Waals surface area contributed by atoms with E-state index in [-0.39, 0.29) is 23.5 Å². The number of nitrogens with one attached hydrogen (secondary N) is 1. The number of amides is 1. The molecule has 4 rings (SSSR count). The maximum atomic E-state index is 11.6. The highest BCUT2D eigenvalue weighted by atomic mass is 16.5. The van der Waals surface area contributed by atoms with Gasteiger partial charge in [-0.05, 0) is 34.6 Å². The maximum absolute atomic E-state index is 11.6. The molecule has 1 N–H and O–H groups in total. The molecular formula is C20H26N6O2. The molecule has 2 atom stereocenters. The minimum atomic E-state index is -0.142. The minimum Gasteiger partial charge on any atom is -0.473 e. The third kappa shape index (κ3) is 3.34. The van der Waals surface area contributed by atoms with Gasteiger partial charge in [-0.3, -0.25) is 9.48 Å². The maximum Gasteiger partial charge on any atom is 0.241 e. The summed E-state index contributed by atoms with van der Waals surface area (Å²) in [6.45, 7) is 10.9. The topological polar surface area (TPSA) is 86.3 Å². The van der Waals surface area contributed by atoms with Crippen molar-refractivity contribution in [3.63, 3.8) is 0 Å². The molecule has 0 spiro atoms. The highest BCUT2D eigenvalue weighted by Gasteiger charge is 2.29. The second-order valence-corrected chi connectivity index (χ2v) is 8.49. The molecule has 3 aromatic heterocycles. The van der Waals surface area contributed by atoms with E-state index in [0.29, 0.717) is 18.8 Å². The van der Waals surface area contributed by atoms with Gasteiger partial charge in [-0.1, -0.05) is 0 Å². The summed E-state index contributed by atoms with van der Waals surface area (Å²) in [5, 5.41) is 11.8. The lowest BCUT2D eigenvalue weighted by molar-refractivity contribution is -0.119. The van der Waals surface area contributed by atoms with Crippen molar-refractivity contribution in [1.29, 1.82) is 0 Å². The molecule has 3 aromatic rings. The van der Waals surface area contributed by atoms with E-state index in [2.05, 4.69) is 36.3 Å². The standard InChI is InChI=1S/C20H26N6O2/c1-12-7-22-25-11-16(15-9-23-26(10-15)20(3,4)5)24-19(18(12)25)28-13(2)14-6-17(27)21-8-14/h7,9-11,13-14H,6,8H2,1-5H3,(H,21,27)/t13-,14?/m1/s1. The molecule has 1 aliphatic heterocycles. The van der Waals surface area contributed by atoms with Gasteiger partial charge in [-0.25, -0.2) is 9.50 Å². The van der Waals surface area contributed by atoms with Crippen LogP contribution in [0.2, 0.25) is 0 Å². The molecular weight excluding hydrogens is 356 g/mol. The van der Waals surface area contributed by atoms with Crippen LogP contribution in [0, 0.1) is 12.8 Å². The van der Waals surface area contributed by atoms with Crippen molar-refractivity contribution in [3.05, 3.63) is 30.4 Å². The number of aromatic nitrogens is 5. The molecule has 0 radical (unpaired) electrons. The van der Waals surface area contributed by atoms with Gasteiger partial charge >= 0.3 is 0 Å². The van der Waals surface area contributed by atoms with Crippen molar-refractivity contribution < 1.29 is 9.53 Å². The molecule has 0 aromatic carbocycles. The van der Waals surface area contributed by atoms with Crippen LogP contribution < -0.4 is 10.1 Å². The van der Waals surface area contributed by atoms with E-state index in [1.54, 1.807) is 10.7 Å². The Bertz CT molecular complexity index is 1030. The molecule has 0 saturated carbocycles. The van der Waals surface area contributed by atoms with Gasteiger partial charge in [0.2, 0.25) is 11.8 Å².